The van der Waals surface area contributed by atoms with Crippen molar-refractivity contribution in [3.63, 3.8) is 0 Å². The van der Waals surface area contributed by atoms with Gasteiger partial charge in [-0.25, -0.2) is 4.79 Å². The second-order valence-electron chi connectivity index (χ2n) is 7.09. The normalized spacial score (nSPS) is 14.6. The van der Waals surface area contributed by atoms with Gasteiger partial charge in [-0.2, -0.15) is 0 Å². The van der Waals surface area contributed by atoms with Crippen LogP contribution in [0.1, 0.15) is 5.56 Å². The number of nitrogens with zero attached hydrogens (tertiary/aromatic N) is 1. The summed E-state index contributed by atoms with van der Waals surface area (Å²) in [5.41, 5.74) is 0.642. The van der Waals surface area contributed by atoms with Crippen molar-refractivity contribution in [3.8, 4) is 17.2 Å². The Morgan fingerprint density at radius 2 is 1.59 bits per heavy atom. The Hall–Kier alpha value is -4.50. The summed E-state index contributed by atoms with van der Waals surface area (Å²) in [6.45, 7) is -0.562. The molecule has 3 aromatic carbocycles. The molecule has 34 heavy (non-hydrogen) atoms. The lowest BCUT2D eigenvalue weighted by Gasteiger charge is -2.29. The van der Waals surface area contributed by atoms with E-state index in [4.69, 9.17) is 26.8 Å². The SMILES string of the molecule is O=C(O)COc1ccccc1C=C1C(=O)NC(=S)N(c2ccc(Oc3ccccc3)cc2)C1=O. The van der Waals surface area contributed by atoms with Crippen LogP contribution >= 0.6 is 12.2 Å². The number of hydrogen-bond acceptors (Lipinski definition) is 6. The first-order valence-electron chi connectivity index (χ1n) is 10.1. The molecule has 0 radical (unpaired) electrons. The van der Waals surface area contributed by atoms with Crippen LogP contribution in [0.2, 0.25) is 0 Å². The Kier molecular flexibility index (Phi) is 6.65. The van der Waals surface area contributed by atoms with Crippen molar-refractivity contribution in [3.05, 3.63) is 90.0 Å². The lowest BCUT2D eigenvalue weighted by atomic mass is 10.1. The number of para-hydroxylation sites is 2. The molecule has 4 rings (SSSR count). The summed E-state index contributed by atoms with van der Waals surface area (Å²) < 4.78 is 11.0. The van der Waals surface area contributed by atoms with E-state index in [-0.39, 0.29) is 16.4 Å². The molecule has 1 heterocycles. The van der Waals surface area contributed by atoms with Crippen LogP contribution in [0, 0.1) is 0 Å². The number of carbonyl (C=O) groups is 3. The van der Waals surface area contributed by atoms with Crippen molar-refractivity contribution in [1.82, 2.24) is 5.32 Å². The molecule has 170 valence electrons. The van der Waals surface area contributed by atoms with Gasteiger partial charge in [0, 0.05) is 5.56 Å². The molecular formula is C25H18N2O6S. The van der Waals surface area contributed by atoms with Crippen LogP contribution in [0.3, 0.4) is 0 Å². The van der Waals surface area contributed by atoms with Crippen LogP contribution in [0.5, 0.6) is 17.2 Å². The van der Waals surface area contributed by atoms with Gasteiger partial charge in [0.05, 0.1) is 5.69 Å². The molecule has 0 aliphatic carbocycles. The van der Waals surface area contributed by atoms with Gasteiger partial charge in [-0.05, 0) is 60.8 Å². The number of carboxylic acids is 1. The summed E-state index contributed by atoms with van der Waals surface area (Å²) in [7, 11) is 0. The Morgan fingerprint density at radius 3 is 2.29 bits per heavy atom. The molecular weight excluding hydrogens is 456 g/mol. The molecule has 1 saturated heterocycles. The van der Waals surface area contributed by atoms with Gasteiger partial charge in [-0.15, -0.1) is 0 Å². The number of nitrogens with one attached hydrogen (secondary N) is 1. The Bertz CT molecular complexity index is 1290. The van der Waals surface area contributed by atoms with Gasteiger partial charge >= 0.3 is 5.97 Å². The van der Waals surface area contributed by atoms with E-state index in [2.05, 4.69) is 5.32 Å². The number of rotatable bonds is 7. The summed E-state index contributed by atoms with van der Waals surface area (Å²) in [4.78, 5) is 37.9. The summed E-state index contributed by atoms with van der Waals surface area (Å²) in [6.07, 6.45) is 1.34. The van der Waals surface area contributed by atoms with E-state index in [1.54, 1.807) is 48.5 Å². The second kappa shape index (κ2) is 9.97. The van der Waals surface area contributed by atoms with Gasteiger partial charge in [-0.3, -0.25) is 19.8 Å². The summed E-state index contributed by atoms with van der Waals surface area (Å²) >= 11 is 5.24. The quantitative estimate of drug-likeness (QED) is 0.305. The van der Waals surface area contributed by atoms with Crippen molar-refractivity contribution in [2.75, 3.05) is 11.5 Å². The van der Waals surface area contributed by atoms with Gasteiger partial charge in [0.25, 0.3) is 11.8 Å². The molecule has 0 unspecified atom stereocenters. The van der Waals surface area contributed by atoms with E-state index in [0.717, 1.165) is 0 Å². The summed E-state index contributed by atoms with van der Waals surface area (Å²) in [5.74, 6) is -0.983. The smallest absolute Gasteiger partial charge is 0.341 e. The number of anilines is 1. The number of carbonyl (C=O) groups excluding carboxylic acids is 2. The van der Waals surface area contributed by atoms with Crippen molar-refractivity contribution in [2.45, 2.75) is 0 Å². The zero-order chi connectivity index (χ0) is 24.1. The first kappa shape index (κ1) is 22.7. The van der Waals surface area contributed by atoms with Crippen molar-refractivity contribution in [2.24, 2.45) is 0 Å². The lowest BCUT2D eigenvalue weighted by Crippen LogP contribution is -2.54. The monoisotopic (exact) mass is 474 g/mol. The summed E-state index contributed by atoms with van der Waals surface area (Å²) in [6, 6.07) is 22.4. The van der Waals surface area contributed by atoms with Crippen molar-refractivity contribution < 1.29 is 29.0 Å². The van der Waals surface area contributed by atoms with E-state index in [1.165, 1.54) is 11.0 Å². The predicted molar refractivity (Wildman–Crippen MR) is 129 cm³/mol. The number of carboxylic acid groups (broad SMARTS) is 1. The van der Waals surface area contributed by atoms with Crippen molar-refractivity contribution >= 4 is 46.9 Å². The van der Waals surface area contributed by atoms with E-state index in [0.29, 0.717) is 22.7 Å². The zero-order valence-corrected chi connectivity index (χ0v) is 18.5. The van der Waals surface area contributed by atoms with Crippen molar-refractivity contribution in [1.29, 1.82) is 0 Å². The Balaban J connectivity index is 1.60. The largest absolute Gasteiger partial charge is 0.481 e. The minimum Gasteiger partial charge on any atom is -0.481 e. The van der Waals surface area contributed by atoms with Gasteiger partial charge in [-0.1, -0.05) is 36.4 Å². The second-order valence-corrected chi connectivity index (χ2v) is 7.47. The van der Waals surface area contributed by atoms with Crippen LogP contribution in [0.4, 0.5) is 5.69 Å². The van der Waals surface area contributed by atoms with E-state index >= 15 is 0 Å². The highest BCUT2D eigenvalue weighted by atomic mass is 32.1. The molecule has 9 heteroatoms. The predicted octanol–water partition coefficient (Wildman–Crippen LogP) is 3.77. The molecule has 2 amide bonds. The van der Waals surface area contributed by atoms with Crippen LogP contribution in [0.15, 0.2) is 84.4 Å². The summed E-state index contributed by atoms with van der Waals surface area (Å²) in [5, 5.41) is 11.3. The van der Waals surface area contributed by atoms with Gasteiger partial charge in [0.15, 0.2) is 11.7 Å². The first-order valence-corrected chi connectivity index (χ1v) is 10.5. The molecule has 0 aromatic heterocycles. The molecule has 8 nitrogen and oxygen atoms in total. The molecule has 1 fully saturated rings. The molecule has 0 bridgehead atoms. The van der Waals surface area contributed by atoms with Gasteiger partial charge < -0.3 is 14.6 Å². The lowest BCUT2D eigenvalue weighted by molar-refractivity contribution is -0.139. The topological polar surface area (TPSA) is 105 Å². The van der Waals surface area contributed by atoms with E-state index < -0.39 is 24.4 Å². The van der Waals surface area contributed by atoms with Crippen LogP contribution < -0.4 is 19.7 Å². The maximum atomic E-state index is 13.2. The Labute approximate surface area is 200 Å². The van der Waals surface area contributed by atoms with Crippen LogP contribution in [-0.4, -0.2) is 34.6 Å². The third-order valence-corrected chi connectivity index (χ3v) is 5.03. The number of hydrogen-bond donors (Lipinski definition) is 2. The molecule has 2 N–H and O–H groups in total. The molecule has 1 aliphatic heterocycles. The standard InChI is InChI=1S/C25H18N2O6S/c28-22(29)15-32-21-9-5-4-6-16(21)14-20-23(30)26-25(34)27(24(20)31)17-10-12-19(13-11-17)33-18-7-2-1-3-8-18/h1-14H,15H2,(H,28,29)(H,26,30,34). The van der Waals surface area contributed by atoms with Gasteiger partial charge in [0.1, 0.15) is 22.8 Å². The maximum Gasteiger partial charge on any atom is 0.341 e. The highest BCUT2D eigenvalue weighted by Gasteiger charge is 2.34. The third kappa shape index (κ3) is 5.11. The number of aliphatic carboxylic acids is 1. The van der Waals surface area contributed by atoms with E-state index in [9.17, 15) is 14.4 Å². The molecule has 0 spiro atoms. The first-order chi connectivity index (χ1) is 16.4. The number of amides is 2. The van der Waals surface area contributed by atoms with E-state index in [1.807, 2.05) is 30.3 Å². The minimum absolute atomic E-state index is 0.0562. The fourth-order valence-corrected chi connectivity index (χ4v) is 3.49. The minimum atomic E-state index is -1.15. The molecule has 3 aromatic rings. The zero-order valence-electron chi connectivity index (χ0n) is 17.6. The Morgan fingerprint density at radius 1 is 0.941 bits per heavy atom. The average molecular weight is 474 g/mol. The number of thiocarbonyl (C=S) groups is 1. The molecule has 0 saturated carbocycles. The fourth-order valence-electron chi connectivity index (χ4n) is 3.21. The number of ether oxygens (including phenoxy) is 2. The molecule has 1 aliphatic rings. The van der Waals surface area contributed by atoms with Crippen LogP contribution in [-0.2, 0) is 14.4 Å². The number of benzene rings is 3. The fraction of sp³-hybridized carbons (Fsp3) is 0.0400. The average Bonchev–Trinajstić information content (AvgIpc) is 2.82. The van der Waals surface area contributed by atoms with Gasteiger partial charge in [0.2, 0.25) is 0 Å². The molecule has 0 atom stereocenters. The van der Waals surface area contributed by atoms with Crippen LogP contribution in [0.25, 0.3) is 6.08 Å². The maximum absolute atomic E-state index is 13.2. The highest BCUT2D eigenvalue weighted by molar-refractivity contribution is 7.80. The highest BCUT2D eigenvalue weighted by Crippen LogP contribution is 2.28. The third-order valence-electron chi connectivity index (χ3n) is 4.75.